The summed E-state index contributed by atoms with van der Waals surface area (Å²) in [5, 5.41) is 8.86. The molecule has 0 aliphatic heterocycles. The zero-order valence-corrected chi connectivity index (χ0v) is 9.03. The van der Waals surface area contributed by atoms with Crippen LogP contribution in [0.4, 0.5) is 0 Å². The molecule has 0 aromatic carbocycles. The van der Waals surface area contributed by atoms with Gasteiger partial charge in [0.2, 0.25) is 0 Å². The van der Waals surface area contributed by atoms with Crippen LogP contribution in [-0.4, -0.2) is 23.8 Å². The third-order valence-electron chi connectivity index (χ3n) is 2.90. The van der Waals surface area contributed by atoms with Crippen LogP contribution >= 0.6 is 0 Å². The first-order valence-corrected chi connectivity index (χ1v) is 5.45. The number of hydrogen-bond acceptors (Lipinski definition) is 2. The van der Waals surface area contributed by atoms with E-state index in [2.05, 4.69) is 0 Å². The molecular formula is C11H20O3. The Hall–Kier alpha value is -0.570. The maximum Gasteiger partial charge on any atom is 0.333 e. The summed E-state index contributed by atoms with van der Waals surface area (Å²) in [6.45, 7) is 4.35. The summed E-state index contributed by atoms with van der Waals surface area (Å²) in [5.74, 6) is -0.000827. The topological polar surface area (TPSA) is 46.5 Å². The SMILES string of the molecule is CC(C)C(OCCC1CCC1)C(=O)O. The van der Waals surface area contributed by atoms with E-state index >= 15 is 0 Å². The highest BCUT2D eigenvalue weighted by Crippen LogP contribution is 2.29. The molecule has 0 bridgehead atoms. The standard InChI is InChI=1S/C11H20O3/c1-8(2)10(11(12)13)14-7-6-9-4-3-5-9/h8-10H,3-7H2,1-2H3,(H,12,13). The Labute approximate surface area is 85.5 Å². The number of ether oxygens (including phenoxy) is 1. The van der Waals surface area contributed by atoms with Crippen molar-refractivity contribution < 1.29 is 14.6 Å². The quantitative estimate of drug-likeness (QED) is 0.715. The molecule has 1 saturated carbocycles. The van der Waals surface area contributed by atoms with Gasteiger partial charge < -0.3 is 9.84 Å². The van der Waals surface area contributed by atoms with Gasteiger partial charge in [0.25, 0.3) is 0 Å². The maximum absolute atomic E-state index is 10.8. The molecule has 3 nitrogen and oxygen atoms in total. The molecular weight excluding hydrogens is 180 g/mol. The monoisotopic (exact) mass is 200 g/mol. The summed E-state index contributed by atoms with van der Waals surface area (Å²) >= 11 is 0. The zero-order chi connectivity index (χ0) is 10.6. The first kappa shape index (κ1) is 11.5. The molecule has 1 fully saturated rings. The van der Waals surface area contributed by atoms with Crippen LogP contribution in [0.3, 0.4) is 0 Å². The first-order valence-electron chi connectivity index (χ1n) is 5.45. The molecule has 1 atom stereocenters. The minimum Gasteiger partial charge on any atom is -0.479 e. The molecule has 0 spiro atoms. The van der Waals surface area contributed by atoms with Crippen molar-refractivity contribution in [1.29, 1.82) is 0 Å². The summed E-state index contributed by atoms with van der Waals surface area (Å²) in [7, 11) is 0. The lowest BCUT2D eigenvalue weighted by atomic mass is 9.83. The van der Waals surface area contributed by atoms with Gasteiger partial charge in [0, 0.05) is 6.61 Å². The van der Waals surface area contributed by atoms with Crippen LogP contribution in [0.1, 0.15) is 39.5 Å². The minimum atomic E-state index is -0.839. The van der Waals surface area contributed by atoms with Crippen LogP contribution in [-0.2, 0) is 9.53 Å². The third kappa shape index (κ3) is 3.29. The fraction of sp³-hybridized carbons (Fsp3) is 0.909. The predicted molar refractivity (Wildman–Crippen MR) is 54.2 cm³/mol. The molecule has 3 heteroatoms. The average Bonchev–Trinajstić information content (AvgIpc) is 1.99. The molecule has 0 radical (unpaired) electrons. The largest absolute Gasteiger partial charge is 0.479 e. The Morgan fingerprint density at radius 3 is 2.50 bits per heavy atom. The number of carboxylic acids is 1. The molecule has 0 aromatic heterocycles. The molecule has 82 valence electrons. The van der Waals surface area contributed by atoms with Crippen LogP contribution in [0.25, 0.3) is 0 Å². The van der Waals surface area contributed by atoms with Gasteiger partial charge in [-0.05, 0) is 18.3 Å². The summed E-state index contributed by atoms with van der Waals surface area (Å²) < 4.78 is 5.37. The van der Waals surface area contributed by atoms with Crippen molar-refractivity contribution in [3.8, 4) is 0 Å². The van der Waals surface area contributed by atoms with Gasteiger partial charge in [-0.1, -0.05) is 33.1 Å². The summed E-state index contributed by atoms with van der Waals surface area (Å²) in [5.41, 5.74) is 0. The molecule has 1 unspecified atom stereocenters. The van der Waals surface area contributed by atoms with Crippen LogP contribution in [0.15, 0.2) is 0 Å². The molecule has 1 N–H and O–H groups in total. The lowest BCUT2D eigenvalue weighted by Crippen LogP contribution is -2.30. The van der Waals surface area contributed by atoms with Crippen LogP contribution in [0, 0.1) is 11.8 Å². The second-order valence-corrected chi connectivity index (χ2v) is 4.46. The molecule has 0 saturated heterocycles. The average molecular weight is 200 g/mol. The summed E-state index contributed by atoms with van der Waals surface area (Å²) in [6, 6.07) is 0. The van der Waals surface area contributed by atoms with Gasteiger partial charge in [-0.3, -0.25) is 0 Å². The van der Waals surface area contributed by atoms with Crippen LogP contribution in [0.5, 0.6) is 0 Å². The lowest BCUT2D eigenvalue weighted by Gasteiger charge is -2.26. The van der Waals surface area contributed by atoms with Crippen molar-refractivity contribution >= 4 is 5.97 Å². The Balaban J connectivity index is 2.15. The van der Waals surface area contributed by atoms with Crippen molar-refractivity contribution in [2.45, 2.75) is 45.6 Å². The van der Waals surface area contributed by atoms with Gasteiger partial charge in [-0.2, -0.15) is 0 Å². The van der Waals surface area contributed by atoms with E-state index in [0.29, 0.717) is 6.61 Å². The minimum absolute atomic E-state index is 0.0499. The molecule has 1 rings (SSSR count). The first-order chi connectivity index (χ1) is 6.61. The van der Waals surface area contributed by atoms with Gasteiger partial charge in [0.15, 0.2) is 6.10 Å². The van der Waals surface area contributed by atoms with Crippen molar-refractivity contribution in [3.63, 3.8) is 0 Å². The molecule has 0 heterocycles. The van der Waals surface area contributed by atoms with Crippen molar-refractivity contribution in [1.82, 2.24) is 0 Å². The van der Waals surface area contributed by atoms with Crippen molar-refractivity contribution in [2.24, 2.45) is 11.8 Å². The third-order valence-corrected chi connectivity index (χ3v) is 2.90. The Bertz CT molecular complexity index is 185. The fourth-order valence-electron chi connectivity index (χ4n) is 1.69. The zero-order valence-electron chi connectivity index (χ0n) is 9.03. The highest BCUT2D eigenvalue weighted by molar-refractivity contribution is 5.72. The highest BCUT2D eigenvalue weighted by Gasteiger charge is 2.23. The number of rotatable bonds is 6. The van der Waals surface area contributed by atoms with E-state index in [1.807, 2.05) is 13.8 Å². The van der Waals surface area contributed by atoms with Crippen LogP contribution < -0.4 is 0 Å². The second kappa shape index (κ2) is 5.35. The van der Waals surface area contributed by atoms with Gasteiger partial charge in [-0.25, -0.2) is 4.79 Å². The Morgan fingerprint density at radius 2 is 2.14 bits per heavy atom. The van der Waals surface area contributed by atoms with E-state index in [1.165, 1.54) is 19.3 Å². The van der Waals surface area contributed by atoms with E-state index in [9.17, 15) is 4.79 Å². The van der Waals surface area contributed by atoms with Crippen molar-refractivity contribution in [3.05, 3.63) is 0 Å². The van der Waals surface area contributed by atoms with Gasteiger partial charge in [0.05, 0.1) is 0 Å². The van der Waals surface area contributed by atoms with Gasteiger partial charge in [0.1, 0.15) is 0 Å². The maximum atomic E-state index is 10.8. The normalized spacial score (nSPS) is 19.4. The van der Waals surface area contributed by atoms with Crippen molar-refractivity contribution in [2.75, 3.05) is 6.61 Å². The number of hydrogen-bond donors (Lipinski definition) is 1. The number of carboxylic acid groups (broad SMARTS) is 1. The van der Waals surface area contributed by atoms with Gasteiger partial charge >= 0.3 is 5.97 Å². The summed E-state index contributed by atoms with van der Waals surface area (Å²) in [6.07, 6.45) is 4.31. The van der Waals surface area contributed by atoms with Gasteiger partial charge in [-0.15, -0.1) is 0 Å². The molecule has 0 amide bonds. The molecule has 1 aliphatic rings. The predicted octanol–water partition coefficient (Wildman–Crippen LogP) is 2.30. The Kier molecular flexibility index (Phi) is 4.39. The highest BCUT2D eigenvalue weighted by atomic mass is 16.5. The van der Waals surface area contributed by atoms with E-state index in [0.717, 1.165) is 12.3 Å². The number of carbonyl (C=O) groups is 1. The van der Waals surface area contributed by atoms with E-state index in [-0.39, 0.29) is 5.92 Å². The Morgan fingerprint density at radius 1 is 1.50 bits per heavy atom. The second-order valence-electron chi connectivity index (χ2n) is 4.46. The van der Waals surface area contributed by atoms with E-state index in [4.69, 9.17) is 9.84 Å². The smallest absolute Gasteiger partial charge is 0.333 e. The molecule has 0 aromatic rings. The van der Waals surface area contributed by atoms with E-state index < -0.39 is 12.1 Å². The molecule has 14 heavy (non-hydrogen) atoms. The summed E-state index contributed by atoms with van der Waals surface area (Å²) in [4.78, 5) is 10.8. The lowest BCUT2D eigenvalue weighted by molar-refractivity contribution is -0.153. The number of aliphatic carboxylic acids is 1. The molecule has 1 aliphatic carbocycles. The van der Waals surface area contributed by atoms with Crippen LogP contribution in [0.2, 0.25) is 0 Å². The fourth-order valence-corrected chi connectivity index (χ4v) is 1.69. The van der Waals surface area contributed by atoms with E-state index in [1.54, 1.807) is 0 Å².